The number of amides is 2. The van der Waals surface area contributed by atoms with Crippen LogP contribution in [0.4, 0.5) is 5.69 Å². The lowest BCUT2D eigenvalue weighted by atomic mass is 10.0. The number of anilines is 1. The van der Waals surface area contributed by atoms with Gasteiger partial charge in [-0.25, -0.2) is 0 Å². The normalized spacial score (nSPS) is 11.7. The zero-order valence-electron chi connectivity index (χ0n) is 13.5. The van der Waals surface area contributed by atoms with Crippen molar-refractivity contribution < 1.29 is 14.0 Å². The van der Waals surface area contributed by atoms with Crippen LogP contribution in [0, 0.1) is 5.92 Å². The molecule has 23 heavy (non-hydrogen) atoms. The highest BCUT2D eigenvalue weighted by Crippen LogP contribution is 2.17. The van der Waals surface area contributed by atoms with Gasteiger partial charge in [-0.15, -0.1) is 0 Å². The first kappa shape index (κ1) is 16.8. The Morgan fingerprint density at radius 2 is 1.96 bits per heavy atom. The smallest absolute Gasteiger partial charge is 0.253 e. The minimum Gasteiger partial charge on any atom is -0.467 e. The molecule has 0 radical (unpaired) electrons. The molecule has 0 fully saturated rings. The van der Waals surface area contributed by atoms with E-state index in [4.69, 9.17) is 4.42 Å². The van der Waals surface area contributed by atoms with Crippen LogP contribution in [0.25, 0.3) is 0 Å². The van der Waals surface area contributed by atoms with Gasteiger partial charge in [0.15, 0.2) is 0 Å². The fourth-order valence-electron chi connectivity index (χ4n) is 2.29. The Morgan fingerprint density at radius 1 is 1.17 bits per heavy atom. The molecule has 0 aliphatic heterocycles. The van der Waals surface area contributed by atoms with Gasteiger partial charge in [0.25, 0.3) is 5.91 Å². The van der Waals surface area contributed by atoms with E-state index in [1.54, 1.807) is 42.7 Å². The molecule has 122 valence electrons. The van der Waals surface area contributed by atoms with E-state index in [9.17, 15) is 9.59 Å². The third-order valence-corrected chi connectivity index (χ3v) is 3.60. The van der Waals surface area contributed by atoms with Crippen LogP contribution in [-0.2, 0) is 11.3 Å². The first-order chi connectivity index (χ1) is 11.1. The summed E-state index contributed by atoms with van der Waals surface area (Å²) in [6, 6.07) is 10.6. The fourth-order valence-corrected chi connectivity index (χ4v) is 2.29. The molecule has 1 unspecified atom stereocenters. The highest BCUT2D eigenvalue weighted by Gasteiger charge is 2.16. The highest BCUT2D eigenvalue weighted by molar-refractivity contribution is 6.04. The molecule has 0 saturated heterocycles. The highest BCUT2D eigenvalue weighted by atomic mass is 16.3. The molecule has 0 aliphatic carbocycles. The Hall–Kier alpha value is -2.56. The van der Waals surface area contributed by atoms with Gasteiger partial charge in [-0.1, -0.05) is 32.4 Å². The van der Waals surface area contributed by atoms with Gasteiger partial charge < -0.3 is 15.1 Å². The molecule has 1 aromatic carbocycles. The van der Waals surface area contributed by atoms with Gasteiger partial charge in [-0.2, -0.15) is 0 Å². The summed E-state index contributed by atoms with van der Waals surface area (Å²) in [6.45, 7) is 4.23. The van der Waals surface area contributed by atoms with E-state index in [0.717, 1.165) is 12.8 Å². The second-order valence-electron chi connectivity index (χ2n) is 5.49. The van der Waals surface area contributed by atoms with Crippen LogP contribution in [0.1, 0.15) is 42.8 Å². The largest absolute Gasteiger partial charge is 0.467 e. The second-order valence-corrected chi connectivity index (χ2v) is 5.49. The lowest BCUT2D eigenvalue weighted by Crippen LogP contribution is -2.26. The number of rotatable bonds is 7. The van der Waals surface area contributed by atoms with Crippen molar-refractivity contribution in [1.29, 1.82) is 0 Å². The molecule has 1 atom stereocenters. The fraction of sp³-hybridized carbons (Fsp3) is 0.333. The van der Waals surface area contributed by atoms with Gasteiger partial charge in [0, 0.05) is 5.92 Å². The predicted molar refractivity (Wildman–Crippen MR) is 89.0 cm³/mol. The standard InChI is InChI=1S/C18H22N2O3/c1-3-7-13(2)17(21)20-16-10-5-4-9-15(16)18(22)19-12-14-8-6-11-23-14/h4-6,8-11,13H,3,7,12H2,1-2H3,(H,19,22)(H,20,21). The number of hydrogen-bond donors (Lipinski definition) is 2. The maximum Gasteiger partial charge on any atom is 0.253 e. The molecule has 0 spiro atoms. The number of para-hydroxylation sites is 1. The van der Waals surface area contributed by atoms with Crippen molar-refractivity contribution >= 4 is 17.5 Å². The van der Waals surface area contributed by atoms with E-state index < -0.39 is 0 Å². The molecule has 2 amide bonds. The minimum atomic E-state index is -0.250. The molecular formula is C18H22N2O3. The third kappa shape index (κ3) is 4.71. The summed E-state index contributed by atoms with van der Waals surface area (Å²) in [7, 11) is 0. The van der Waals surface area contributed by atoms with E-state index in [1.807, 2.05) is 13.8 Å². The minimum absolute atomic E-state index is 0.0712. The summed E-state index contributed by atoms with van der Waals surface area (Å²) < 4.78 is 5.19. The zero-order chi connectivity index (χ0) is 16.7. The number of benzene rings is 1. The summed E-state index contributed by atoms with van der Waals surface area (Å²) in [6.07, 6.45) is 3.32. The van der Waals surface area contributed by atoms with Gasteiger partial charge in [0.05, 0.1) is 24.1 Å². The average Bonchev–Trinajstić information content (AvgIpc) is 3.06. The molecule has 0 aliphatic rings. The van der Waals surface area contributed by atoms with Crippen LogP contribution >= 0.6 is 0 Å². The Bertz CT molecular complexity index is 650. The molecule has 5 heteroatoms. The Morgan fingerprint density at radius 3 is 2.65 bits per heavy atom. The van der Waals surface area contributed by atoms with E-state index in [1.165, 1.54) is 0 Å². The van der Waals surface area contributed by atoms with Crippen LogP contribution in [0.3, 0.4) is 0 Å². The van der Waals surface area contributed by atoms with Gasteiger partial charge in [-0.05, 0) is 30.7 Å². The summed E-state index contributed by atoms with van der Waals surface area (Å²) in [5.41, 5.74) is 0.966. The SMILES string of the molecule is CCCC(C)C(=O)Nc1ccccc1C(=O)NCc1ccco1. The summed E-state index contributed by atoms with van der Waals surface area (Å²) in [5.74, 6) is 0.272. The first-order valence-corrected chi connectivity index (χ1v) is 7.82. The van der Waals surface area contributed by atoms with Crippen LogP contribution in [0.15, 0.2) is 47.1 Å². The van der Waals surface area contributed by atoms with E-state index >= 15 is 0 Å². The average molecular weight is 314 g/mol. The number of nitrogens with one attached hydrogen (secondary N) is 2. The van der Waals surface area contributed by atoms with E-state index in [0.29, 0.717) is 23.6 Å². The van der Waals surface area contributed by atoms with Crippen molar-refractivity contribution in [3.63, 3.8) is 0 Å². The topological polar surface area (TPSA) is 71.3 Å². The van der Waals surface area contributed by atoms with Crippen LogP contribution < -0.4 is 10.6 Å². The second kappa shape index (κ2) is 8.17. The van der Waals surface area contributed by atoms with Crippen LogP contribution in [0.5, 0.6) is 0 Å². The zero-order valence-corrected chi connectivity index (χ0v) is 13.5. The van der Waals surface area contributed by atoms with Crippen LogP contribution in [-0.4, -0.2) is 11.8 Å². The molecule has 0 saturated carbocycles. The van der Waals surface area contributed by atoms with Crippen molar-refractivity contribution in [3.05, 3.63) is 54.0 Å². The molecule has 2 aromatic rings. The quantitative estimate of drug-likeness (QED) is 0.820. The van der Waals surface area contributed by atoms with Crippen molar-refractivity contribution in [3.8, 4) is 0 Å². The first-order valence-electron chi connectivity index (χ1n) is 7.82. The lowest BCUT2D eigenvalue weighted by Gasteiger charge is -2.14. The lowest BCUT2D eigenvalue weighted by molar-refractivity contribution is -0.119. The maximum atomic E-state index is 12.3. The van der Waals surface area contributed by atoms with Crippen LogP contribution in [0.2, 0.25) is 0 Å². The van der Waals surface area contributed by atoms with Gasteiger partial charge in [0.1, 0.15) is 5.76 Å². The van der Waals surface area contributed by atoms with E-state index in [2.05, 4.69) is 10.6 Å². The molecule has 2 N–H and O–H groups in total. The van der Waals surface area contributed by atoms with E-state index in [-0.39, 0.29) is 17.7 Å². The molecule has 0 bridgehead atoms. The summed E-state index contributed by atoms with van der Waals surface area (Å²) in [5, 5.41) is 5.63. The molecule has 1 heterocycles. The number of carbonyl (C=O) groups is 2. The number of furan rings is 1. The Balaban J connectivity index is 2.04. The monoisotopic (exact) mass is 314 g/mol. The summed E-state index contributed by atoms with van der Waals surface area (Å²) >= 11 is 0. The predicted octanol–water partition coefficient (Wildman–Crippen LogP) is 3.58. The summed E-state index contributed by atoms with van der Waals surface area (Å²) in [4.78, 5) is 24.5. The van der Waals surface area contributed by atoms with Crippen molar-refractivity contribution in [2.45, 2.75) is 33.2 Å². The number of hydrogen-bond acceptors (Lipinski definition) is 3. The third-order valence-electron chi connectivity index (χ3n) is 3.60. The molecule has 1 aromatic heterocycles. The molecular weight excluding hydrogens is 292 g/mol. The van der Waals surface area contributed by atoms with Gasteiger partial charge >= 0.3 is 0 Å². The molecule has 5 nitrogen and oxygen atoms in total. The van der Waals surface area contributed by atoms with Crippen molar-refractivity contribution in [2.24, 2.45) is 5.92 Å². The van der Waals surface area contributed by atoms with Crippen molar-refractivity contribution in [2.75, 3.05) is 5.32 Å². The maximum absolute atomic E-state index is 12.3. The Labute approximate surface area is 136 Å². The van der Waals surface area contributed by atoms with Gasteiger partial charge in [-0.3, -0.25) is 9.59 Å². The Kier molecular flexibility index (Phi) is 5.97. The molecule has 2 rings (SSSR count). The van der Waals surface area contributed by atoms with Crippen molar-refractivity contribution in [1.82, 2.24) is 5.32 Å². The van der Waals surface area contributed by atoms with Gasteiger partial charge in [0.2, 0.25) is 5.91 Å². The number of carbonyl (C=O) groups excluding carboxylic acids is 2.